The number of rotatable bonds is 5. The van der Waals surface area contributed by atoms with E-state index in [0.29, 0.717) is 17.1 Å². The summed E-state index contributed by atoms with van der Waals surface area (Å²) in [4.78, 5) is 12.5. The predicted molar refractivity (Wildman–Crippen MR) is 135 cm³/mol. The lowest BCUT2D eigenvalue weighted by Crippen LogP contribution is -2.14. The van der Waals surface area contributed by atoms with Crippen LogP contribution in [0.4, 0.5) is 5.82 Å². The number of hydrogen-bond donors (Lipinski definition) is 1. The number of nitriles is 1. The zero-order valence-corrected chi connectivity index (χ0v) is 20.5. The van der Waals surface area contributed by atoms with Crippen LogP contribution in [0.5, 0.6) is 0 Å². The van der Waals surface area contributed by atoms with Crippen LogP contribution in [0.1, 0.15) is 37.7 Å². The number of amides is 1. The Labute approximate surface area is 208 Å². The van der Waals surface area contributed by atoms with Crippen LogP contribution in [0, 0.1) is 11.3 Å². The van der Waals surface area contributed by atoms with Crippen LogP contribution in [0.15, 0.2) is 65.7 Å². The number of anilines is 1. The molecule has 0 atom stereocenters. The Balaban J connectivity index is 1.35. The number of carbonyl (C=O) groups is 1. The summed E-state index contributed by atoms with van der Waals surface area (Å²) >= 11 is 0. The first-order chi connectivity index (χ1) is 17.2. The monoisotopic (exact) mass is 479 g/mol. The van der Waals surface area contributed by atoms with Crippen LogP contribution in [0.3, 0.4) is 0 Å². The second-order valence-electron chi connectivity index (χ2n) is 9.76. The standard InChI is InChI=1S/C27H25N7O2/c1-27(2,3)23-11-24(32-36-23)31-25(35)9-17-5-7-18(8-6-17)22-14-30-34-16-20(10-19(12-28)26(22)34)21-13-29-33(4)15-21/h5-8,10-11,13-16H,9H2,1-4H3,(H,31,32,35). The molecule has 0 aliphatic rings. The molecule has 1 N–H and O–H groups in total. The molecule has 5 rings (SSSR count). The number of aryl methyl sites for hydroxylation is 1. The minimum absolute atomic E-state index is 0.179. The number of aromatic nitrogens is 5. The quantitative estimate of drug-likeness (QED) is 0.389. The number of nitrogens with zero attached hydrogens (tertiary/aromatic N) is 6. The van der Waals surface area contributed by atoms with Crippen molar-refractivity contribution < 1.29 is 9.32 Å². The average molecular weight is 480 g/mol. The number of hydrogen-bond acceptors (Lipinski definition) is 6. The van der Waals surface area contributed by atoms with Gasteiger partial charge in [-0.25, -0.2) is 4.52 Å². The highest BCUT2D eigenvalue weighted by molar-refractivity contribution is 5.91. The van der Waals surface area contributed by atoms with Gasteiger partial charge in [-0.3, -0.25) is 9.48 Å². The molecule has 1 amide bonds. The number of fused-ring (bicyclic) bond motifs is 1. The molecule has 0 aliphatic heterocycles. The van der Waals surface area contributed by atoms with E-state index in [-0.39, 0.29) is 17.7 Å². The van der Waals surface area contributed by atoms with Crippen LogP contribution in [-0.4, -0.2) is 30.5 Å². The summed E-state index contributed by atoms with van der Waals surface area (Å²) in [5.74, 6) is 0.935. The molecular weight excluding hydrogens is 454 g/mol. The molecule has 0 bridgehead atoms. The Hall–Kier alpha value is -4.71. The van der Waals surface area contributed by atoms with Crippen LogP contribution in [-0.2, 0) is 23.7 Å². The van der Waals surface area contributed by atoms with Crippen molar-refractivity contribution in [2.45, 2.75) is 32.6 Å². The fourth-order valence-electron chi connectivity index (χ4n) is 4.01. The number of nitrogens with one attached hydrogen (secondary N) is 1. The smallest absolute Gasteiger partial charge is 0.230 e. The Morgan fingerprint density at radius 1 is 1.06 bits per heavy atom. The van der Waals surface area contributed by atoms with Gasteiger partial charge in [-0.1, -0.05) is 50.2 Å². The van der Waals surface area contributed by atoms with Crippen LogP contribution in [0.2, 0.25) is 0 Å². The second kappa shape index (κ2) is 8.82. The Morgan fingerprint density at radius 3 is 2.47 bits per heavy atom. The summed E-state index contributed by atoms with van der Waals surface area (Å²) < 4.78 is 8.77. The van der Waals surface area contributed by atoms with E-state index < -0.39 is 0 Å². The van der Waals surface area contributed by atoms with Crippen LogP contribution < -0.4 is 5.32 Å². The third-order valence-electron chi connectivity index (χ3n) is 5.92. The summed E-state index contributed by atoms with van der Waals surface area (Å²) in [5, 5.41) is 25.3. The molecular formula is C27H25N7O2. The highest BCUT2D eigenvalue weighted by atomic mass is 16.5. The molecule has 0 unspecified atom stereocenters. The Morgan fingerprint density at radius 2 is 1.83 bits per heavy atom. The van der Waals surface area contributed by atoms with E-state index in [2.05, 4.69) is 26.7 Å². The van der Waals surface area contributed by atoms with Gasteiger partial charge in [0, 0.05) is 47.6 Å². The van der Waals surface area contributed by atoms with E-state index in [1.54, 1.807) is 27.7 Å². The minimum atomic E-state index is -0.185. The lowest BCUT2D eigenvalue weighted by Gasteiger charge is -2.12. The summed E-state index contributed by atoms with van der Waals surface area (Å²) in [6.07, 6.45) is 7.50. The topological polar surface area (TPSA) is 114 Å². The van der Waals surface area contributed by atoms with E-state index in [1.165, 1.54) is 0 Å². The summed E-state index contributed by atoms with van der Waals surface area (Å²) in [6.45, 7) is 6.05. The first-order valence-electron chi connectivity index (χ1n) is 11.5. The SMILES string of the molecule is Cn1cc(-c2cc(C#N)c3c(-c4ccc(CC(=O)Nc5cc(C(C)(C)C)on5)cc4)cnn3c2)cn1. The maximum atomic E-state index is 12.5. The minimum Gasteiger partial charge on any atom is -0.359 e. The maximum Gasteiger partial charge on any atom is 0.230 e. The van der Waals surface area contributed by atoms with E-state index in [0.717, 1.165) is 33.3 Å². The second-order valence-corrected chi connectivity index (χ2v) is 9.76. The Kier molecular flexibility index (Phi) is 5.65. The van der Waals surface area contributed by atoms with Gasteiger partial charge < -0.3 is 9.84 Å². The Bertz CT molecular complexity index is 1610. The molecule has 36 heavy (non-hydrogen) atoms. The molecule has 0 radical (unpaired) electrons. The van der Waals surface area contributed by atoms with Gasteiger partial charge in [0.2, 0.25) is 5.91 Å². The fraction of sp³-hybridized carbons (Fsp3) is 0.222. The summed E-state index contributed by atoms with van der Waals surface area (Å²) in [6, 6.07) is 13.6. The molecule has 180 valence electrons. The fourth-order valence-corrected chi connectivity index (χ4v) is 4.01. The van der Waals surface area contributed by atoms with Crippen molar-refractivity contribution in [3.05, 3.63) is 78.1 Å². The normalized spacial score (nSPS) is 11.5. The molecule has 4 heterocycles. The van der Waals surface area contributed by atoms with Crippen molar-refractivity contribution in [1.29, 1.82) is 5.26 Å². The molecule has 0 saturated carbocycles. The number of pyridine rings is 1. The molecule has 0 saturated heterocycles. The van der Waals surface area contributed by atoms with Gasteiger partial charge in [0.1, 0.15) is 11.8 Å². The first-order valence-corrected chi connectivity index (χ1v) is 11.5. The third kappa shape index (κ3) is 4.49. The summed E-state index contributed by atoms with van der Waals surface area (Å²) in [7, 11) is 1.85. The lowest BCUT2D eigenvalue weighted by molar-refractivity contribution is -0.115. The molecule has 5 aromatic rings. The van der Waals surface area contributed by atoms with E-state index >= 15 is 0 Å². The van der Waals surface area contributed by atoms with Crippen LogP contribution >= 0.6 is 0 Å². The molecule has 4 aromatic heterocycles. The van der Waals surface area contributed by atoms with Crippen LogP contribution in [0.25, 0.3) is 27.8 Å². The van der Waals surface area contributed by atoms with E-state index in [1.807, 2.05) is 70.5 Å². The molecule has 0 fully saturated rings. The maximum absolute atomic E-state index is 12.5. The largest absolute Gasteiger partial charge is 0.359 e. The molecule has 0 spiro atoms. The van der Waals surface area contributed by atoms with Crippen molar-refractivity contribution >= 4 is 17.2 Å². The van der Waals surface area contributed by atoms with Crippen molar-refractivity contribution in [3.8, 4) is 28.3 Å². The highest BCUT2D eigenvalue weighted by Gasteiger charge is 2.20. The predicted octanol–water partition coefficient (Wildman–Crippen LogP) is 4.74. The third-order valence-corrected chi connectivity index (χ3v) is 5.92. The van der Waals surface area contributed by atoms with Crippen molar-refractivity contribution in [1.82, 2.24) is 24.6 Å². The zero-order chi connectivity index (χ0) is 25.4. The van der Waals surface area contributed by atoms with Gasteiger partial charge >= 0.3 is 0 Å². The van der Waals surface area contributed by atoms with Crippen molar-refractivity contribution in [3.63, 3.8) is 0 Å². The number of carbonyl (C=O) groups excluding carboxylic acids is 1. The first kappa shape index (κ1) is 23.1. The van der Waals surface area contributed by atoms with Gasteiger partial charge in [-0.05, 0) is 17.2 Å². The lowest BCUT2D eigenvalue weighted by atomic mass is 9.93. The van der Waals surface area contributed by atoms with Crippen molar-refractivity contribution in [2.24, 2.45) is 7.05 Å². The van der Waals surface area contributed by atoms with Crippen molar-refractivity contribution in [2.75, 3.05) is 5.32 Å². The molecule has 9 nitrogen and oxygen atoms in total. The average Bonchev–Trinajstić information content (AvgIpc) is 3.58. The van der Waals surface area contributed by atoms with Gasteiger partial charge in [0.25, 0.3) is 0 Å². The van der Waals surface area contributed by atoms with Gasteiger partial charge in [0.05, 0.1) is 29.9 Å². The number of benzene rings is 1. The molecule has 1 aromatic carbocycles. The zero-order valence-electron chi connectivity index (χ0n) is 20.5. The highest BCUT2D eigenvalue weighted by Crippen LogP contribution is 2.30. The molecule has 0 aliphatic carbocycles. The van der Waals surface area contributed by atoms with E-state index in [9.17, 15) is 10.1 Å². The molecule has 9 heteroatoms. The van der Waals surface area contributed by atoms with E-state index in [4.69, 9.17) is 4.52 Å². The van der Waals surface area contributed by atoms with Gasteiger partial charge in [-0.2, -0.15) is 15.5 Å². The summed E-state index contributed by atoms with van der Waals surface area (Å²) in [5.41, 5.74) is 5.46. The van der Waals surface area contributed by atoms with Gasteiger partial charge in [-0.15, -0.1) is 0 Å². The van der Waals surface area contributed by atoms with Gasteiger partial charge in [0.15, 0.2) is 5.82 Å².